The fourth-order valence-electron chi connectivity index (χ4n) is 1.54. The maximum atomic E-state index is 12.0. The Kier molecular flexibility index (Phi) is 4.97. The van der Waals surface area contributed by atoms with Crippen LogP contribution in [-0.2, 0) is 17.1 Å². The molecule has 0 aliphatic rings. The second-order valence-corrected chi connectivity index (χ2v) is 6.47. The highest BCUT2D eigenvalue weighted by Gasteiger charge is 2.21. The molecule has 17 heavy (non-hydrogen) atoms. The normalized spacial score (nSPS) is 14.2. The van der Waals surface area contributed by atoms with Gasteiger partial charge in [0, 0.05) is 25.2 Å². The summed E-state index contributed by atoms with van der Waals surface area (Å²) in [6.45, 7) is 4.05. The highest BCUT2D eigenvalue weighted by molar-refractivity contribution is 7.89. The highest BCUT2D eigenvalue weighted by atomic mass is 35.5. The third-order valence-corrected chi connectivity index (χ3v) is 4.10. The van der Waals surface area contributed by atoms with Crippen molar-refractivity contribution in [3.05, 3.63) is 12.4 Å². The van der Waals surface area contributed by atoms with Crippen LogP contribution in [0.25, 0.3) is 0 Å². The van der Waals surface area contributed by atoms with Gasteiger partial charge in [0.25, 0.3) is 0 Å². The van der Waals surface area contributed by atoms with E-state index < -0.39 is 10.0 Å². The number of sulfonamides is 1. The lowest BCUT2D eigenvalue weighted by Crippen LogP contribution is -2.37. The molecular weight excluding hydrogens is 262 g/mol. The zero-order valence-corrected chi connectivity index (χ0v) is 11.8. The van der Waals surface area contributed by atoms with Crippen LogP contribution in [-0.4, -0.2) is 30.1 Å². The second kappa shape index (κ2) is 5.84. The van der Waals surface area contributed by atoms with Gasteiger partial charge in [0.1, 0.15) is 4.90 Å². The molecule has 1 heterocycles. The number of nitrogens with zero attached hydrogens (tertiary/aromatic N) is 2. The first-order chi connectivity index (χ1) is 7.85. The first-order valence-electron chi connectivity index (χ1n) is 5.42. The summed E-state index contributed by atoms with van der Waals surface area (Å²) in [5.74, 6) is 0.646. The summed E-state index contributed by atoms with van der Waals surface area (Å²) in [4.78, 5) is 0.166. The summed E-state index contributed by atoms with van der Waals surface area (Å²) in [5, 5.41) is 3.84. The van der Waals surface area contributed by atoms with Crippen LogP contribution in [0.4, 0.5) is 0 Å². The van der Waals surface area contributed by atoms with Crippen molar-refractivity contribution in [1.29, 1.82) is 0 Å². The quantitative estimate of drug-likeness (QED) is 0.800. The van der Waals surface area contributed by atoms with Gasteiger partial charge in [-0.15, -0.1) is 11.6 Å². The van der Waals surface area contributed by atoms with Crippen LogP contribution < -0.4 is 4.72 Å². The molecule has 0 aromatic carbocycles. The third-order valence-electron chi connectivity index (χ3n) is 2.26. The smallest absolute Gasteiger partial charge is 0.243 e. The van der Waals surface area contributed by atoms with Crippen LogP contribution in [0.5, 0.6) is 0 Å². The van der Waals surface area contributed by atoms with Crippen LogP contribution in [0.2, 0.25) is 0 Å². The Bertz CT molecular complexity index is 456. The number of hydrogen-bond donors (Lipinski definition) is 1. The number of rotatable bonds is 6. The molecule has 0 saturated heterocycles. The van der Waals surface area contributed by atoms with Crippen LogP contribution in [0, 0.1) is 5.92 Å². The van der Waals surface area contributed by atoms with Gasteiger partial charge in [-0.1, -0.05) is 13.8 Å². The van der Waals surface area contributed by atoms with Crippen molar-refractivity contribution in [2.75, 3.05) is 5.88 Å². The molecule has 1 unspecified atom stereocenters. The summed E-state index contributed by atoms with van der Waals surface area (Å²) in [6, 6.07) is -0.248. The van der Waals surface area contributed by atoms with Crippen molar-refractivity contribution in [3.63, 3.8) is 0 Å². The molecule has 0 fully saturated rings. The standard InChI is InChI=1S/C10H18ClN3O2S/c1-8(2)4-9(5-11)13-17(15,16)10-6-12-14(3)7-10/h6-9,13H,4-5H2,1-3H3. The van der Waals surface area contributed by atoms with E-state index >= 15 is 0 Å². The van der Waals surface area contributed by atoms with E-state index in [1.807, 2.05) is 13.8 Å². The number of halogens is 1. The zero-order valence-electron chi connectivity index (χ0n) is 10.2. The van der Waals surface area contributed by atoms with Gasteiger partial charge in [0.05, 0.1) is 6.20 Å². The molecule has 0 radical (unpaired) electrons. The second-order valence-electron chi connectivity index (χ2n) is 4.45. The Morgan fingerprint density at radius 3 is 2.59 bits per heavy atom. The van der Waals surface area contributed by atoms with Crippen LogP contribution >= 0.6 is 11.6 Å². The van der Waals surface area contributed by atoms with Crippen molar-refractivity contribution in [2.45, 2.75) is 31.2 Å². The minimum atomic E-state index is -3.51. The molecule has 98 valence electrons. The minimum absolute atomic E-state index is 0.166. The van der Waals surface area contributed by atoms with E-state index in [-0.39, 0.29) is 16.8 Å². The molecule has 0 aliphatic carbocycles. The first kappa shape index (κ1) is 14.5. The Morgan fingerprint density at radius 1 is 1.53 bits per heavy atom. The van der Waals surface area contributed by atoms with Crippen LogP contribution in [0.15, 0.2) is 17.3 Å². The van der Waals surface area contributed by atoms with Gasteiger partial charge in [-0.05, 0) is 12.3 Å². The number of alkyl halides is 1. The molecule has 0 saturated carbocycles. The van der Waals surface area contributed by atoms with Crippen molar-refractivity contribution in [1.82, 2.24) is 14.5 Å². The van der Waals surface area contributed by atoms with Crippen LogP contribution in [0.1, 0.15) is 20.3 Å². The molecule has 1 rings (SSSR count). The minimum Gasteiger partial charge on any atom is -0.274 e. The molecule has 5 nitrogen and oxygen atoms in total. The number of aryl methyl sites for hydroxylation is 1. The predicted octanol–water partition coefficient (Wildman–Crippen LogP) is 1.35. The van der Waals surface area contributed by atoms with E-state index in [0.717, 1.165) is 0 Å². The van der Waals surface area contributed by atoms with E-state index in [9.17, 15) is 8.42 Å². The molecule has 7 heteroatoms. The fourth-order valence-corrected chi connectivity index (χ4v) is 3.06. The van der Waals surface area contributed by atoms with Gasteiger partial charge in [0.15, 0.2) is 0 Å². The number of nitrogens with one attached hydrogen (secondary N) is 1. The van der Waals surface area contributed by atoms with Crippen molar-refractivity contribution < 1.29 is 8.42 Å². The summed E-state index contributed by atoms with van der Waals surface area (Å²) in [6.07, 6.45) is 3.50. The van der Waals surface area contributed by atoms with Gasteiger partial charge in [0.2, 0.25) is 10.0 Å². The Hall–Kier alpha value is -0.590. The van der Waals surface area contributed by atoms with Gasteiger partial charge in [-0.25, -0.2) is 13.1 Å². The average molecular weight is 280 g/mol. The lowest BCUT2D eigenvalue weighted by atomic mass is 10.1. The molecular formula is C10H18ClN3O2S. The van der Waals surface area contributed by atoms with E-state index in [2.05, 4.69) is 9.82 Å². The summed E-state index contributed by atoms with van der Waals surface area (Å²) in [5.41, 5.74) is 0. The summed E-state index contributed by atoms with van der Waals surface area (Å²) >= 11 is 5.76. The molecule has 1 aromatic heterocycles. The molecule has 0 spiro atoms. The molecule has 1 atom stereocenters. The average Bonchev–Trinajstić information content (AvgIpc) is 2.63. The monoisotopic (exact) mass is 279 g/mol. The Balaban J connectivity index is 2.78. The topological polar surface area (TPSA) is 64.0 Å². The lowest BCUT2D eigenvalue weighted by Gasteiger charge is -2.17. The maximum absolute atomic E-state index is 12.0. The zero-order chi connectivity index (χ0) is 13.1. The van der Waals surface area contributed by atoms with Crippen LogP contribution in [0.3, 0.4) is 0 Å². The molecule has 0 bridgehead atoms. The van der Waals surface area contributed by atoms with Gasteiger partial charge >= 0.3 is 0 Å². The Morgan fingerprint density at radius 2 is 2.18 bits per heavy atom. The van der Waals surface area contributed by atoms with Gasteiger partial charge in [-0.2, -0.15) is 5.10 Å². The largest absolute Gasteiger partial charge is 0.274 e. The number of hydrogen-bond acceptors (Lipinski definition) is 3. The molecule has 0 amide bonds. The van der Waals surface area contributed by atoms with E-state index in [0.29, 0.717) is 12.3 Å². The van der Waals surface area contributed by atoms with Gasteiger partial charge < -0.3 is 0 Å². The fraction of sp³-hybridized carbons (Fsp3) is 0.700. The first-order valence-corrected chi connectivity index (χ1v) is 7.44. The molecule has 0 aliphatic heterocycles. The molecule has 1 N–H and O–H groups in total. The van der Waals surface area contributed by atoms with E-state index in [4.69, 9.17) is 11.6 Å². The number of aromatic nitrogens is 2. The van der Waals surface area contributed by atoms with Crippen molar-refractivity contribution >= 4 is 21.6 Å². The van der Waals surface area contributed by atoms with E-state index in [1.165, 1.54) is 17.1 Å². The summed E-state index contributed by atoms with van der Waals surface area (Å²) < 4.78 is 28.0. The SMILES string of the molecule is CC(C)CC(CCl)NS(=O)(=O)c1cnn(C)c1. The van der Waals surface area contributed by atoms with Gasteiger partial charge in [-0.3, -0.25) is 4.68 Å². The molecule has 1 aromatic rings. The predicted molar refractivity (Wildman–Crippen MR) is 67.5 cm³/mol. The Labute approximate surface area is 107 Å². The van der Waals surface area contributed by atoms with E-state index in [1.54, 1.807) is 7.05 Å². The third kappa shape index (κ3) is 4.29. The van der Waals surface area contributed by atoms with Crippen molar-refractivity contribution in [2.24, 2.45) is 13.0 Å². The lowest BCUT2D eigenvalue weighted by molar-refractivity contribution is 0.485. The highest BCUT2D eigenvalue weighted by Crippen LogP contribution is 2.12. The van der Waals surface area contributed by atoms with Crippen molar-refractivity contribution in [3.8, 4) is 0 Å². The maximum Gasteiger partial charge on any atom is 0.243 e. The summed E-state index contributed by atoms with van der Waals surface area (Å²) in [7, 11) is -1.84.